The molecule has 11 rings (SSSR count). The van der Waals surface area contributed by atoms with E-state index in [0.29, 0.717) is 17.5 Å². The van der Waals surface area contributed by atoms with E-state index in [1.807, 2.05) is 91.0 Å². The third-order valence-electron chi connectivity index (χ3n) is 9.76. The van der Waals surface area contributed by atoms with Crippen LogP contribution in [0.1, 0.15) is 0 Å². The first-order chi connectivity index (χ1) is 25.2. The van der Waals surface area contributed by atoms with Gasteiger partial charge in [-0.3, -0.25) is 0 Å². The molecule has 51 heavy (non-hydrogen) atoms. The van der Waals surface area contributed by atoms with Crippen LogP contribution < -0.4 is 0 Å². The highest BCUT2D eigenvalue weighted by atomic mass is 16.3. The SMILES string of the molecule is c1ccc(-c2ccc(-c3nc(-c4ccc5c(c4)oc4ccccc45)nc(-c4ccc5oc6ccccc6c5c4)n3)c3c2oc2ccccc23)cc1. The van der Waals surface area contributed by atoms with Gasteiger partial charge < -0.3 is 13.3 Å². The summed E-state index contributed by atoms with van der Waals surface area (Å²) < 4.78 is 19.0. The molecule has 238 valence electrons. The quantitative estimate of drug-likeness (QED) is 0.188. The molecule has 0 bridgehead atoms. The Kier molecular flexibility index (Phi) is 5.86. The van der Waals surface area contributed by atoms with E-state index in [0.717, 1.165) is 93.6 Å². The molecule has 7 aromatic carbocycles. The average Bonchev–Trinajstić information content (AvgIpc) is 3.88. The summed E-state index contributed by atoms with van der Waals surface area (Å²) in [4.78, 5) is 15.5. The van der Waals surface area contributed by atoms with Crippen molar-refractivity contribution in [1.82, 2.24) is 15.0 Å². The lowest BCUT2D eigenvalue weighted by Crippen LogP contribution is -2.00. The lowest BCUT2D eigenvalue weighted by molar-refractivity contribution is 0.668. The predicted octanol–water partition coefficient (Wildman–Crippen LogP) is 12.2. The second-order valence-corrected chi connectivity index (χ2v) is 12.8. The largest absolute Gasteiger partial charge is 0.456 e. The van der Waals surface area contributed by atoms with Gasteiger partial charge in [-0.15, -0.1) is 0 Å². The van der Waals surface area contributed by atoms with E-state index in [2.05, 4.69) is 60.7 Å². The minimum absolute atomic E-state index is 0.544. The zero-order valence-corrected chi connectivity index (χ0v) is 27.0. The Morgan fingerprint density at radius 1 is 0.314 bits per heavy atom. The topological polar surface area (TPSA) is 78.1 Å². The van der Waals surface area contributed by atoms with Crippen LogP contribution in [0.25, 0.3) is 111 Å². The van der Waals surface area contributed by atoms with Crippen LogP contribution in [0.5, 0.6) is 0 Å². The third kappa shape index (κ3) is 4.33. The van der Waals surface area contributed by atoms with E-state index >= 15 is 0 Å². The van der Waals surface area contributed by atoms with Crippen LogP contribution in [0.2, 0.25) is 0 Å². The molecule has 0 saturated carbocycles. The van der Waals surface area contributed by atoms with Crippen LogP contribution in [0.3, 0.4) is 0 Å². The normalized spacial score (nSPS) is 11.9. The number of para-hydroxylation sites is 3. The van der Waals surface area contributed by atoms with Crippen LogP contribution in [0.4, 0.5) is 0 Å². The van der Waals surface area contributed by atoms with Crippen molar-refractivity contribution < 1.29 is 13.3 Å². The zero-order valence-electron chi connectivity index (χ0n) is 27.0. The molecule has 11 aromatic rings. The van der Waals surface area contributed by atoms with Gasteiger partial charge in [-0.2, -0.15) is 0 Å². The Labute approximate surface area is 290 Å². The Bertz CT molecular complexity index is 3150. The van der Waals surface area contributed by atoms with Crippen molar-refractivity contribution in [2.24, 2.45) is 0 Å². The second-order valence-electron chi connectivity index (χ2n) is 12.8. The molecular weight excluding hydrogens is 631 g/mol. The molecule has 0 fully saturated rings. The Balaban J connectivity index is 1.18. The van der Waals surface area contributed by atoms with Crippen LogP contribution in [0.15, 0.2) is 165 Å². The Hall–Kier alpha value is -7.05. The number of fused-ring (bicyclic) bond motifs is 9. The van der Waals surface area contributed by atoms with E-state index in [-0.39, 0.29) is 0 Å². The van der Waals surface area contributed by atoms with Crippen molar-refractivity contribution in [3.8, 4) is 45.3 Å². The first-order valence-electron chi connectivity index (χ1n) is 16.8. The highest BCUT2D eigenvalue weighted by Crippen LogP contribution is 2.42. The van der Waals surface area contributed by atoms with Crippen molar-refractivity contribution in [3.05, 3.63) is 152 Å². The van der Waals surface area contributed by atoms with Gasteiger partial charge in [-0.05, 0) is 66.2 Å². The molecule has 6 heteroatoms. The number of rotatable bonds is 4. The molecular formula is C45H25N3O3. The van der Waals surface area contributed by atoms with E-state index in [9.17, 15) is 0 Å². The van der Waals surface area contributed by atoms with Gasteiger partial charge in [-0.1, -0.05) is 91.0 Å². The molecule has 0 atom stereocenters. The molecule has 0 amide bonds. The van der Waals surface area contributed by atoms with Gasteiger partial charge in [0.2, 0.25) is 0 Å². The molecule has 0 aliphatic rings. The summed E-state index contributed by atoms with van der Waals surface area (Å²) in [5, 5.41) is 6.12. The van der Waals surface area contributed by atoms with Gasteiger partial charge in [0.15, 0.2) is 17.5 Å². The number of benzene rings is 7. The van der Waals surface area contributed by atoms with Gasteiger partial charge in [-0.25, -0.2) is 15.0 Å². The zero-order chi connectivity index (χ0) is 33.5. The maximum atomic E-state index is 6.59. The second kappa shape index (κ2) is 10.7. The van der Waals surface area contributed by atoms with Crippen molar-refractivity contribution in [2.45, 2.75) is 0 Å². The van der Waals surface area contributed by atoms with Crippen LogP contribution in [-0.2, 0) is 0 Å². The number of nitrogens with zero attached hydrogens (tertiary/aromatic N) is 3. The van der Waals surface area contributed by atoms with Crippen LogP contribution >= 0.6 is 0 Å². The van der Waals surface area contributed by atoms with E-state index in [1.165, 1.54) is 0 Å². The fourth-order valence-corrected chi connectivity index (χ4v) is 7.34. The molecule has 0 aliphatic carbocycles. The van der Waals surface area contributed by atoms with Crippen molar-refractivity contribution >= 4 is 65.8 Å². The summed E-state index contributed by atoms with van der Waals surface area (Å²) in [6.07, 6.45) is 0. The van der Waals surface area contributed by atoms with Crippen molar-refractivity contribution in [3.63, 3.8) is 0 Å². The van der Waals surface area contributed by atoms with Crippen LogP contribution in [0, 0.1) is 0 Å². The fraction of sp³-hybridized carbons (Fsp3) is 0. The highest BCUT2D eigenvalue weighted by Gasteiger charge is 2.21. The lowest BCUT2D eigenvalue weighted by Gasteiger charge is -2.11. The molecule has 0 radical (unpaired) electrons. The standard InChI is InChI=1S/C45H25N3O3/c1-2-10-26(11-3-1)29-21-22-34(41-33-14-6-9-17-38(33)51-42(29)41)45-47-43(27-19-23-39-35(24-27)31-13-5-8-16-37(31)49-39)46-44(48-45)28-18-20-32-30-12-4-7-15-36(30)50-40(32)25-28/h1-25H. The van der Waals surface area contributed by atoms with Gasteiger partial charge in [0.05, 0.1) is 0 Å². The van der Waals surface area contributed by atoms with Gasteiger partial charge in [0.1, 0.15) is 33.5 Å². The number of aromatic nitrogens is 3. The molecule has 0 spiro atoms. The van der Waals surface area contributed by atoms with Crippen molar-refractivity contribution in [2.75, 3.05) is 0 Å². The maximum Gasteiger partial charge on any atom is 0.164 e. The lowest BCUT2D eigenvalue weighted by atomic mass is 9.98. The van der Waals surface area contributed by atoms with Crippen molar-refractivity contribution in [1.29, 1.82) is 0 Å². The minimum atomic E-state index is 0.544. The predicted molar refractivity (Wildman–Crippen MR) is 203 cm³/mol. The summed E-state index contributed by atoms with van der Waals surface area (Å²) in [6.45, 7) is 0. The molecule has 0 unspecified atom stereocenters. The molecule has 4 heterocycles. The first-order valence-corrected chi connectivity index (χ1v) is 16.8. The van der Waals surface area contributed by atoms with Crippen LogP contribution in [-0.4, -0.2) is 15.0 Å². The molecule has 0 aliphatic heterocycles. The minimum Gasteiger partial charge on any atom is -0.456 e. The molecule has 4 aromatic heterocycles. The summed E-state index contributed by atoms with van der Waals surface area (Å²) in [6, 6.07) is 51.1. The Morgan fingerprint density at radius 3 is 1.61 bits per heavy atom. The van der Waals surface area contributed by atoms with E-state index in [4.69, 9.17) is 28.2 Å². The van der Waals surface area contributed by atoms with Gasteiger partial charge >= 0.3 is 0 Å². The number of hydrogen-bond acceptors (Lipinski definition) is 6. The fourth-order valence-electron chi connectivity index (χ4n) is 7.34. The number of hydrogen-bond donors (Lipinski definition) is 0. The van der Waals surface area contributed by atoms with E-state index < -0.39 is 0 Å². The first kappa shape index (κ1) is 27.9. The molecule has 6 nitrogen and oxygen atoms in total. The summed E-state index contributed by atoms with van der Waals surface area (Å²) >= 11 is 0. The number of furan rings is 3. The summed E-state index contributed by atoms with van der Waals surface area (Å²) in [5.74, 6) is 1.65. The highest BCUT2D eigenvalue weighted by molar-refractivity contribution is 6.16. The van der Waals surface area contributed by atoms with E-state index in [1.54, 1.807) is 0 Å². The van der Waals surface area contributed by atoms with Gasteiger partial charge in [0, 0.05) is 54.6 Å². The average molecular weight is 656 g/mol. The third-order valence-corrected chi connectivity index (χ3v) is 9.76. The Morgan fingerprint density at radius 2 is 0.843 bits per heavy atom. The maximum absolute atomic E-state index is 6.59. The summed E-state index contributed by atoms with van der Waals surface area (Å²) in [5.41, 5.74) is 9.50. The molecule has 0 saturated heterocycles. The monoisotopic (exact) mass is 655 g/mol. The van der Waals surface area contributed by atoms with Gasteiger partial charge in [0.25, 0.3) is 0 Å². The smallest absolute Gasteiger partial charge is 0.164 e. The summed E-state index contributed by atoms with van der Waals surface area (Å²) in [7, 11) is 0. The molecule has 0 N–H and O–H groups in total.